The maximum absolute atomic E-state index is 5.82. The van der Waals surface area contributed by atoms with Crippen molar-refractivity contribution in [3.63, 3.8) is 0 Å². The number of imidazole rings is 1. The average molecular weight is 153 g/mol. The van der Waals surface area contributed by atoms with Crippen LogP contribution in [0.5, 0.6) is 0 Å². The van der Waals surface area contributed by atoms with Crippen molar-refractivity contribution in [2.45, 2.75) is 33.2 Å². The van der Waals surface area contributed by atoms with Crippen molar-refractivity contribution in [3.8, 4) is 0 Å². The second kappa shape index (κ2) is 2.95. The first kappa shape index (κ1) is 8.11. The van der Waals surface area contributed by atoms with Crippen LogP contribution in [0.3, 0.4) is 0 Å². The molecule has 0 saturated carbocycles. The Morgan fingerprint density at radius 1 is 1.64 bits per heavy atom. The Kier molecular flexibility index (Phi) is 2.17. The van der Waals surface area contributed by atoms with Crippen molar-refractivity contribution in [1.82, 2.24) is 9.55 Å². The highest BCUT2D eigenvalue weighted by atomic mass is 15.1. The molecule has 0 amide bonds. The largest absolute Gasteiger partial charge is 0.384 e. The Labute approximate surface area is 67.2 Å². The van der Waals surface area contributed by atoms with Gasteiger partial charge in [0.15, 0.2) is 0 Å². The molecule has 0 aromatic carbocycles. The fraction of sp³-hybridized carbons (Fsp3) is 0.625. The first-order valence-corrected chi connectivity index (χ1v) is 3.98. The minimum Gasteiger partial charge on any atom is -0.384 e. The molecule has 1 aromatic rings. The van der Waals surface area contributed by atoms with E-state index in [0.29, 0.717) is 6.04 Å². The van der Waals surface area contributed by atoms with E-state index in [2.05, 4.69) is 25.8 Å². The van der Waals surface area contributed by atoms with E-state index >= 15 is 0 Å². The standard InChI is InChI=1S/C8H15N3/c1-4-7-8(9)11(5-10-7)6(2)3/h5-6H,4,9H2,1-3H3. The van der Waals surface area contributed by atoms with Crippen LogP contribution in [-0.2, 0) is 6.42 Å². The predicted octanol–water partition coefficient (Wildman–Crippen LogP) is 1.61. The van der Waals surface area contributed by atoms with Crippen molar-refractivity contribution in [1.29, 1.82) is 0 Å². The molecule has 3 nitrogen and oxygen atoms in total. The number of aryl methyl sites for hydroxylation is 1. The Morgan fingerprint density at radius 3 is 2.55 bits per heavy atom. The molecule has 0 fully saturated rings. The minimum atomic E-state index is 0.405. The van der Waals surface area contributed by atoms with Gasteiger partial charge in [-0.05, 0) is 20.3 Å². The van der Waals surface area contributed by atoms with Crippen molar-refractivity contribution in [2.24, 2.45) is 0 Å². The molecule has 1 aromatic heterocycles. The molecule has 0 saturated heterocycles. The first-order valence-electron chi connectivity index (χ1n) is 3.98. The van der Waals surface area contributed by atoms with Crippen molar-refractivity contribution < 1.29 is 0 Å². The van der Waals surface area contributed by atoms with Gasteiger partial charge in [-0.3, -0.25) is 0 Å². The van der Waals surface area contributed by atoms with Crippen molar-refractivity contribution in [2.75, 3.05) is 5.73 Å². The smallest absolute Gasteiger partial charge is 0.126 e. The number of hydrogen-bond acceptors (Lipinski definition) is 2. The molecule has 0 aliphatic heterocycles. The number of nitrogen functional groups attached to an aromatic ring is 1. The fourth-order valence-corrected chi connectivity index (χ4v) is 1.09. The van der Waals surface area contributed by atoms with E-state index in [1.807, 2.05) is 4.57 Å². The Bertz CT molecular complexity index is 237. The van der Waals surface area contributed by atoms with Gasteiger partial charge in [0, 0.05) is 6.04 Å². The molecule has 1 heterocycles. The zero-order valence-corrected chi connectivity index (χ0v) is 7.33. The second-order valence-electron chi connectivity index (χ2n) is 2.93. The third-order valence-corrected chi connectivity index (χ3v) is 1.80. The van der Waals surface area contributed by atoms with E-state index in [4.69, 9.17) is 5.73 Å². The van der Waals surface area contributed by atoms with Crippen LogP contribution in [0.15, 0.2) is 6.33 Å². The second-order valence-corrected chi connectivity index (χ2v) is 2.93. The lowest BCUT2D eigenvalue weighted by Crippen LogP contribution is -2.04. The van der Waals surface area contributed by atoms with Crippen molar-refractivity contribution in [3.05, 3.63) is 12.0 Å². The van der Waals surface area contributed by atoms with Gasteiger partial charge in [-0.1, -0.05) is 6.92 Å². The quantitative estimate of drug-likeness (QED) is 0.701. The molecule has 11 heavy (non-hydrogen) atoms. The Balaban J connectivity index is 3.00. The number of hydrogen-bond donors (Lipinski definition) is 1. The maximum atomic E-state index is 5.82. The third-order valence-electron chi connectivity index (χ3n) is 1.80. The summed E-state index contributed by atoms with van der Waals surface area (Å²) in [6.45, 7) is 6.25. The van der Waals surface area contributed by atoms with Crippen LogP contribution in [0.1, 0.15) is 32.5 Å². The maximum Gasteiger partial charge on any atom is 0.126 e. The summed E-state index contributed by atoms with van der Waals surface area (Å²) in [7, 11) is 0. The number of anilines is 1. The van der Waals surface area contributed by atoms with Gasteiger partial charge in [0.2, 0.25) is 0 Å². The van der Waals surface area contributed by atoms with E-state index in [-0.39, 0.29) is 0 Å². The molecule has 0 spiro atoms. The van der Waals surface area contributed by atoms with E-state index in [1.165, 1.54) is 0 Å². The summed E-state index contributed by atoms with van der Waals surface area (Å²) in [4.78, 5) is 4.19. The highest BCUT2D eigenvalue weighted by Gasteiger charge is 2.06. The molecule has 1 rings (SSSR count). The van der Waals surface area contributed by atoms with Gasteiger partial charge < -0.3 is 10.3 Å². The third kappa shape index (κ3) is 1.37. The normalized spacial score (nSPS) is 10.9. The van der Waals surface area contributed by atoms with E-state index in [1.54, 1.807) is 6.33 Å². The minimum absolute atomic E-state index is 0.405. The zero-order chi connectivity index (χ0) is 8.43. The van der Waals surface area contributed by atoms with Crippen molar-refractivity contribution >= 4 is 5.82 Å². The summed E-state index contributed by atoms with van der Waals surface area (Å²) in [5, 5.41) is 0. The monoisotopic (exact) mass is 153 g/mol. The van der Waals surface area contributed by atoms with E-state index in [0.717, 1.165) is 17.9 Å². The highest BCUT2D eigenvalue weighted by Crippen LogP contribution is 2.15. The van der Waals surface area contributed by atoms with Gasteiger partial charge in [-0.2, -0.15) is 0 Å². The van der Waals surface area contributed by atoms with Gasteiger partial charge in [-0.25, -0.2) is 4.98 Å². The summed E-state index contributed by atoms with van der Waals surface area (Å²) in [5.41, 5.74) is 6.81. The van der Waals surface area contributed by atoms with Crippen LogP contribution in [-0.4, -0.2) is 9.55 Å². The van der Waals surface area contributed by atoms with Crippen LogP contribution < -0.4 is 5.73 Å². The number of nitrogens with two attached hydrogens (primary N) is 1. The SMILES string of the molecule is CCc1ncn(C(C)C)c1N. The summed E-state index contributed by atoms with van der Waals surface area (Å²) < 4.78 is 1.98. The molecular weight excluding hydrogens is 138 g/mol. The molecule has 0 radical (unpaired) electrons. The highest BCUT2D eigenvalue weighted by molar-refractivity contribution is 5.36. The lowest BCUT2D eigenvalue weighted by Gasteiger charge is -2.08. The summed E-state index contributed by atoms with van der Waals surface area (Å²) in [5.74, 6) is 0.808. The van der Waals surface area contributed by atoms with Gasteiger partial charge in [0.1, 0.15) is 5.82 Å². The van der Waals surface area contributed by atoms with Gasteiger partial charge in [-0.15, -0.1) is 0 Å². The fourth-order valence-electron chi connectivity index (χ4n) is 1.09. The van der Waals surface area contributed by atoms with Crippen LogP contribution in [0.25, 0.3) is 0 Å². The topological polar surface area (TPSA) is 43.8 Å². The molecule has 62 valence electrons. The lowest BCUT2D eigenvalue weighted by atomic mass is 10.3. The molecule has 2 N–H and O–H groups in total. The predicted molar refractivity (Wildman–Crippen MR) is 46.4 cm³/mol. The molecule has 0 atom stereocenters. The Morgan fingerprint density at radius 2 is 2.27 bits per heavy atom. The first-order chi connectivity index (χ1) is 5.16. The molecule has 0 aliphatic carbocycles. The van der Waals surface area contributed by atoms with Crippen LogP contribution >= 0.6 is 0 Å². The zero-order valence-electron chi connectivity index (χ0n) is 7.33. The average Bonchev–Trinajstić information content (AvgIpc) is 2.30. The van der Waals surface area contributed by atoms with Crippen LogP contribution in [0.4, 0.5) is 5.82 Å². The van der Waals surface area contributed by atoms with Crippen LogP contribution in [0, 0.1) is 0 Å². The van der Waals surface area contributed by atoms with Gasteiger partial charge >= 0.3 is 0 Å². The number of nitrogens with zero attached hydrogens (tertiary/aromatic N) is 2. The lowest BCUT2D eigenvalue weighted by molar-refractivity contribution is 0.607. The molecule has 0 unspecified atom stereocenters. The molecule has 0 bridgehead atoms. The van der Waals surface area contributed by atoms with Crippen LogP contribution in [0.2, 0.25) is 0 Å². The molecule has 0 aliphatic rings. The molecule has 3 heteroatoms. The Hall–Kier alpha value is -0.990. The van der Waals surface area contributed by atoms with Gasteiger partial charge in [0.05, 0.1) is 12.0 Å². The van der Waals surface area contributed by atoms with Gasteiger partial charge in [0.25, 0.3) is 0 Å². The van der Waals surface area contributed by atoms with E-state index in [9.17, 15) is 0 Å². The summed E-state index contributed by atoms with van der Waals surface area (Å²) in [6.07, 6.45) is 2.71. The number of rotatable bonds is 2. The molecular formula is C8H15N3. The number of aromatic nitrogens is 2. The summed E-state index contributed by atoms with van der Waals surface area (Å²) >= 11 is 0. The van der Waals surface area contributed by atoms with E-state index < -0.39 is 0 Å². The summed E-state index contributed by atoms with van der Waals surface area (Å²) in [6, 6.07) is 0.405.